The number of carbonyl (C=O) groups excluding carboxylic acids is 1. The van der Waals surface area contributed by atoms with Gasteiger partial charge in [0.2, 0.25) is 0 Å². The van der Waals surface area contributed by atoms with Crippen molar-refractivity contribution in [3.63, 3.8) is 0 Å². The number of ketones is 1. The fraction of sp³-hybridized carbons (Fsp3) is 0.231. The van der Waals surface area contributed by atoms with Gasteiger partial charge < -0.3 is 4.57 Å². The van der Waals surface area contributed by atoms with Gasteiger partial charge in [-0.25, -0.2) is 4.98 Å². The van der Waals surface area contributed by atoms with Crippen molar-refractivity contribution in [1.29, 1.82) is 0 Å². The molecule has 0 aliphatic heterocycles. The molecule has 0 N–H and O–H groups in total. The third-order valence-electron chi connectivity index (χ3n) is 2.73. The summed E-state index contributed by atoms with van der Waals surface area (Å²) in [6.07, 6.45) is 2.77. The molecule has 0 saturated carbocycles. The molecule has 0 fully saturated rings. The SMILES string of the molecule is CC(=O)c1cccc(C(F)(F)c2nccn2C)c1. The Balaban J connectivity index is 2.51. The molecule has 0 aliphatic rings. The van der Waals surface area contributed by atoms with E-state index in [-0.39, 0.29) is 22.7 Å². The first-order chi connectivity index (χ1) is 8.43. The number of halogens is 2. The van der Waals surface area contributed by atoms with Crippen LogP contribution in [-0.4, -0.2) is 15.3 Å². The van der Waals surface area contributed by atoms with Gasteiger partial charge in [-0.05, 0) is 13.0 Å². The molecule has 3 nitrogen and oxygen atoms in total. The van der Waals surface area contributed by atoms with Crippen LogP contribution in [0.4, 0.5) is 8.78 Å². The van der Waals surface area contributed by atoms with E-state index in [1.807, 2.05) is 0 Å². The van der Waals surface area contributed by atoms with Gasteiger partial charge in [0, 0.05) is 30.6 Å². The van der Waals surface area contributed by atoms with Crippen molar-refractivity contribution in [3.05, 3.63) is 53.6 Å². The van der Waals surface area contributed by atoms with Gasteiger partial charge in [-0.2, -0.15) is 8.78 Å². The molecular weight excluding hydrogens is 238 g/mol. The molecule has 1 heterocycles. The van der Waals surface area contributed by atoms with Crippen molar-refractivity contribution in [2.45, 2.75) is 12.8 Å². The molecule has 2 aromatic rings. The topological polar surface area (TPSA) is 34.9 Å². The number of benzene rings is 1. The van der Waals surface area contributed by atoms with Gasteiger partial charge in [0.25, 0.3) is 0 Å². The summed E-state index contributed by atoms with van der Waals surface area (Å²) in [6.45, 7) is 1.35. The molecule has 5 heteroatoms. The first kappa shape index (κ1) is 12.4. The van der Waals surface area contributed by atoms with Crippen molar-refractivity contribution in [3.8, 4) is 0 Å². The van der Waals surface area contributed by atoms with Gasteiger partial charge in [-0.1, -0.05) is 18.2 Å². The second-order valence-corrected chi connectivity index (χ2v) is 4.07. The Labute approximate surface area is 103 Å². The second-order valence-electron chi connectivity index (χ2n) is 4.07. The van der Waals surface area contributed by atoms with Crippen molar-refractivity contribution in [1.82, 2.24) is 9.55 Å². The number of aryl methyl sites for hydroxylation is 1. The Morgan fingerprint density at radius 3 is 2.67 bits per heavy atom. The maximum absolute atomic E-state index is 14.2. The highest BCUT2D eigenvalue weighted by atomic mass is 19.3. The Bertz CT molecular complexity index is 590. The molecule has 2 rings (SSSR count). The second kappa shape index (κ2) is 4.33. The number of carbonyl (C=O) groups is 1. The molecule has 18 heavy (non-hydrogen) atoms. The number of hydrogen-bond donors (Lipinski definition) is 0. The Kier molecular flexibility index (Phi) is 2.98. The molecule has 0 atom stereocenters. The van der Waals surface area contributed by atoms with E-state index < -0.39 is 5.92 Å². The van der Waals surface area contributed by atoms with E-state index in [4.69, 9.17) is 0 Å². The summed E-state index contributed by atoms with van der Waals surface area (Å²) in [6, 6.07) is 5.46. The largest absolute Gasteiger partial charge is 0.333 e. The Morgan fingerprint density at radius 1 is 1.39 bits per heavy atom. The van der Waals surface area contributed by atoms with Crippen LogP contribution < -0.4 is 0 Å². The molecule has 0 radical (unpaired) electrons. The lowest BCUT2D eigenvalue weighted by Crippen LogP contribution is -2.20. The normalized spacial score (nSPS) is 11.6. The zero-order valence-corrected chi connectivity index (χ0v) is 10.0. The lowest BCUT2D eigenvalue weighted by Gasteiger charge is -2.16. The summed E-state index contributed by atoms with van der Waals surface area (Å²) >= 11 is 0. The monoisotopic (exact) mass is 250 g/mol. The highest BCUT2D eigenvalue weighted by Gasteiger charge is 2.38. The van der Waals surface area contributed by atoms with E-state index >= 15 is 0 Å². The maximum Gasteiger partial charge on any atom is 0.330 e. The molecule has 0 bridgehead atoms. The van der Waals surface area contributed by atoms with E-state index in [1.165, 1.54) is 55.2 Å². The average molecular weight is 250 g/mol. The van der Waals surface area contributed by atoms with Crippen LogP contribution in [0.3, 0.4) is 0 Å². The Morgan fingerprint density at radius 2 is 2.11 bits per heavy atom. The first-order valence-electron chi connectivity index (χ1n) is 5.40. The molecular formula is C13H12F2N2O. The van der Waals surface area contributed by atoms with E-state index in [2.05, 4.69) is 4.98 Å². The van der Waals surface area contributed by atoms with Gasteiger partial charge in [0.05, 0.1) is 0 Å². The highest BCUT2D eigenvalue weighted by Crippen LogP contribution is 2.34. The summed E-state index contributed by atoms with van der Waals surface area (Å²) in [7, 11) is 1.51. The Hall–Kier alpha value is -2.04. The predicted octanol–water partition coefficient (Wildman–Crippen LogP) is 2.76. The fourth-order valence-electron chi connectivity index (χ4n) is 1.73. The van der Waals surface area contributed by atoms with Gasteiger partial charge in [0.1, 0.15) is 0 Å². The number of rotatable bonds is 3. The summed E-state index contributed by atoms with van der Waals surface area (Å²) < 4.78 is 29.7. The number of aromatic nitrogens is 2. The predicted molar refractivity (Wildman–Crippen MR) is 62.7 cm³/mol. The maximum atomic E-state index is 14.2. The smallest absolute Gasteiger partial charge is 0.330 e. The van der Waals surface area contributed by atoms with Crippen LogP contribution in [0.2, 0.25) is 0 Å². The number of imidazole rings is 1. The fourth-order valence-corrected chi connectivity index (χ4v) is 1.73. The van der Waals surface area contributed by atoms with Gasteiger partial charge in [-0.15, -0.1) is 0 Å². The van der Waals surface area contributed by atoms with Gasteiger partial charge >= 0.3 is 5.92 Å². The van der Waals surface area contributed by atoms with Crippen LogP contribution in [0, 0.1) is 0 Å². The molecule has 0 aliphatic carbocycles. The van der Waals surface area contributed by atoms with Crippen LogP contribution in [0.15, 0.2) is 36.7 Å². The highest BCUT2D eigenvalue weighted by molar-refractivity contribution is 5.94. The van der Waals surface area contributed by atoms with Gasteiger partial charge in [-0.3, -0.25) is 4.79 Å². The molecule has 0 spiro atoms. The number of nitrogens with zero attached hydrogens (tertiary/aromatic N) is 2. The van der Waals surface area contributed by atoms with E-state index in [0.717, 1.165) is 0 Å². The minimum absolute atomic E-state index is 0.232. The third kappa shape index (κ3) is 2.03. The molecule has 94 valence electrons. The van der Waals surface area contributed by atoms with Crippen molar-refractivity contribution in [2.75, 3.05) is 0 Å². The molecule has 0 saturated heterocycles. The number of Topliss-reactive ketones (excluding diaryl/α,β-unsaturated/α-hetero) is 1. The van der Waals surface area contributed by atoms with Crippen molar-refractivity contribution >= 4 is 5.78 Å². The lowest BCUT2D eigenvalue weighted by molar-refractivity contribution is 0.0299. The van der Waals surface area contributed by atoms with Crippen LogP contribution in [0.1, 0.15) is 28.7 Å². The zero-order chi connectivity index (χ0) is 13.3. The van der Waals surface area contributed by atoms with Crippen molar-refractivity contribution in [2.24, 2.45) is 7.05 Å². The quantitative estimate of drug-likeness (QED) is 0.785. The van der Waals surface area contributed by atoms with Gasteiger partial charge in [0.15, 0.2) is 11.6 Å². The summed E-state index contributed by atoms with van der Waals surface area (Å²) in [5, 5.41) is 0. The van der Waals surface area contributed by atoms with E-state index in [1.54, 1.807) is 0 Å². The summed E-state index contributed by atoms with van der Waals surface area (Å²) in [5.41, 5.74) is 0.0332. The van der Waals surface area contributed by atoms with Crippen LogP contribution in [0.25, 0.3) is 0 Å². The van der Waals surface area contributed by atoms with E-state index in [0.29, 0.717) is 0 Å². The van der Waals surface area contributed by atoms with Crippen LogP contribution in [-0.2, 0) is 13.0 Å². The van der Waals surface area contributed by atoms with E-state index in [9.17, 15) is 13.6 Å². The molecule has 1 aromatic carbocycles. The summed E-state index contributed by atoms with van der Waals surface area (Å²) in [4.78, 5) is 14.9. The standard InChI is InChI=1S/C13H12F2N2O/c1-9(18)10-4-3-5-11(8-10)13(14,15)12-16-6-7-17(12)2/h3-8H,1-2H3. The molecule has 1 aromatic heterocycles. The zero-order valence-electron chi connectivity index (χ0n) is 10.0. The lowest BCUT2D eigenvalue weighted by atomic mass is 10.0. The minimum atomic E-state index is -3.22. The van der Waals surface area contributed by atoms with Crippen molar-refractivity contribution < 1.29 is 13.6 Å². The van der Waals surface area contributed by atoms with Crippen LogP contribution >= 0.6 is 0 Å². The first-order valence-corrected chi connectivity index (χ1v) is 5.40. The van der Waals surface area contributed by atoms with Crippen LogP contribution in [0.5, 0.6) is 0 Å². The molecule has 0 amide bonds. The number of alkyl halides is 2. The minimum Gasteiger partial charge on any atom is -0.333 e. The third-order valence-corrected chi connectivity index (χ3v) is 2.73. The summed E-state index contributed by atoms with van der Waals surface area (Å²) in [5.74, 6) is -3.81. The number of hydrogen-bond acceptors (Lipinski definition) is 2. The molecule has 0 unspecified atom stereocenters. The average Bonchev–Trinajstić information content (AvgIpc) is 2.76.